The van der Waals surface area contributed by atoms with Gasteiger partial charge in [-0.2, -0.15) is 0 Å². The highest BCUT2D eigenvalue weighted by molar-refractivity contribution is 5.75. The van der Waals surface area contributed by atoms with Crippen molar-refractivity contribution in [2.75, 3.05) is 13.2 Å². The number of aryl methyl sites for hydroxylation is 2. The fourth-order valence-corrected chi connectivity index (χ4v) is 2.79. The number of imidazole rings is 1. The van der Waals surface area contributed by atoms with Gasteiger partial charge in [-0.15, -0.1) is 0 Å². The molecular formula is C20H24N2O2. The van der Waals surface area contributed by atoms with Crippen molar-refractivity contribution in [2.45, 2.75) is 33.9 Å². The van der Waals surface area contributed by atoms with Gasteiger partial charge in [-0.1, -0.05) is 24.3 Å². The van der Waals surface area contributed by atoms with Gasteiger partial charge in [0, 0.05) is 13.2 Å². The third-order valence-electron chi connectivity index (χ3n) is 4.10. The summed E-state index contributed by atoms with van der Waals surface area (Å²) in [5.74, 6) is 1.84. The van der Waals surface area contributed by atoms with Crippen molar-refractivity contribution in [1.29, 1.82) is 0 Å². The van der Waals surface area contributed by atoms with Gasteiger partial charge in [0.2, 0.25) is 0 Å². The molecule has 126 valence electrons. The summed E-state index contributed by atoms with van der Waals surface area (Å²) in [6.45, 7) is 8.77. The Morgan fingerprint density at radius 3 is 2.75 bits per heavy atom. The van der Waals surface area contributed by atoms with E-state index in [1.165, 1.54) is 5.56 Å². The summed E-state index contributed by atoms with van der Waals surface area (Å²) >= 11 is 0. The zero-order chi connectivity index (χ0) is 16.9. The Bertz CT molecular complexity index is 824. The predicted octanol–water partition coefficient (Wildman–Crippen LogP) is 4.27. The third-order valence-corrected chi connectivity index (χ3v) is 4.10. The lowest BCUT2D eigenvalue weighted by Gasteiger charge is -2.12. The molecule has 0 saturated carbocycles. The van der Waals surface area contributed by atoms with E-state index in [9.17, 15) is 0 Å². The molecule has 0 unspecified atom stereocenters. The Kier molecular flexibility index (Phi) is 5.16. The van der Waals surface area contributed by atoms with Gasteiger partial charge in [0.25, 0.3) is 0 Å². The number of aromatic nitrogens is 2. The molecule has 0 aliphatic rings. The zero-order valence-corrected chi connectivity index (χ0v) is 14.6. The maximum absolute atomic E-state index is 6.06. The lowest BCUT2D eigenvalue weighted by Crippen LogP contribution is -2.11. The van der Waals surface area contributed by atoms with Crippen LogP contribution in [0.5, 0.6) is 5.75 Å². The molecule has 4 nitrogen and oxygen atoms in total. The molecule has 0 N–H and O–H groups in total. The lowest BCUT2D eigenvalue weighted by molar-refractivity contribution is 0.138. The molecule has 3 rings (SSSR count). The number of benzene rings is 2. The molecule has 1 aromatic heterocycles. The largest absolute Gasteiger partial charge is 0.485 e. The van der Waals surface area contributed by atoms with Gasteiger partial charge in [-0.05, 0) is 50.1 Å². The van der Waals surface area contributed by atoms with Crippen molar-refractivity contribution in [1.82, 2.24) is 9.55 Å². The van der Waals surface area contributed by atoms with Crippen LogP contribution in [0.2, 0.25) is 0 Å². The van der Waals surface area contributed by atoms with Gasteiger partial charge in [0.05, 0.1) is 17.6 Å². The van der Waals surface area contributed by atoms with Crippen LogP contribution in [-0.4, -0.2) is 22.8 Å². The van der Waals surface area contributed by atoms with E-state index in [1.807, 2.05) is 25.1 Å². The molecule has 1 heterocycles. The highest BCUT2D eigenvalue weighted by Crippen LogP contribution is 2.22. The highest BCUT2D eigenvalue weighted by atomic mass is 16.5. The number of hydrogen-bond acceptors (Lipinski definition) is 3. The predicted molar refractivity (Wildman–Crippen MR) is 96.5 cm³/mol. The fourth-order valence-electron chi connectivity index (χ4n) is 2.79. The molecule has 0 amide bonds. The molecule has 0 radical (unpaired) electrons. The Hall–Kier alpha value is -2.33. The number of nitrogens with zero attached hydrogens (tertiary/aromatic N) is 2. The second-order valence-electron chi connectivity index (χ2n) is 5.92. The third kappa shape index (κ3) is 3.60. The van der Waals surface area contributed by atoms with E-state index in [1.54, 1.807) is 0 Å². The second kappa shape index (κ2) is 7.49. The SMILES string of the molecule is CCOCCn1c(COc2cc(C)ccc2C)nc2ccccc21. The number of fused-ring (bicyclic) bond motifs is 1. The van der Waals surface area contributed by atoms with Crippen molar-refractivity contribution < 1.29 is 9.47 Å². The molecule has 0 fully saturated rings. The van der Waals surface area contributed by atoms with Crippen LogP contribution >= 0.6 is 0 Å². The normalized spacial score (nSPS) is 11.1. The molecule has 0 bridgehead atoms. The summed E-state index contributed by atoms with van der Waals surface area (Å²) in [6, 6.07) is 14.4. The van der Waals surface area contributed by atoms with Crippen LogP contribution in [0, 0.1) is 13.8 Å². The lowest BCUT2D eigenvalue weighted by atomic mass is 10.1. The molecule has 4 heteroatoms. The van der Waals surface area contributed by atoms with Gasteiger partial charge in [0.1, 0.15) is 18.2 Å². The van der Waals surface area contributed by atoms with E-state index < -0.39 is 0 Å². The van der Waals surface area contributed by atoms with E-state index in [0.29, 0.717) is 13.2 Å². The monoisotopic (exact) mass is 324 g/mol. The fraction of sp³-hybridized carbons (Fsp3) is 0.350. The van der Waals surface area contributed by atoms with Gasteiger partial charge in [-0.25, -0.2) is 4.98 Å². The van der Waals surface area contributed by atoms with Crippen molar-refractivity contribution >= 4 is 11.0 Å². The first kappa shape index (κ1) is 16.5. The van der Waals surface area contributed by atoms with Gasteiger partial charge < -0.3 is 14.0 Å². The molecule has 0 aliphatic heterocycles. The number of rotatable bonds is 7. The van der Waals surface area contributed by atoms with E-state index in [-0.39, 0.29) is 0 Å². The van der Waals surface area contributed by atoms with Crippen LogP contribution in [-0.2, 0) is 17.9 Å². The van der Waals surface area contributed by atoms with Crippen LogP contribution in [0.15, 0.2) is 42.5 Å². The smallest absolute Gasteiger partial charge is 0.148 e. The zero-order valence-electron chi connectivity index (χ0n) is 14.6. The standard InChI is InChI=1S/C20H24N2O2/c1-4-23-12-11-22-18-8-6-5-7-17(18)21-20(22)14-24-19-13-15(2)9-10-16(19)3/h5-10,13H,4,11-12,14H2,1-3H3. The summed E-state index contributed by atoms with van der Waals surface area (Å²) in [5, 5.41) is 0. The van der Waals surface area contributed by atoms with Gasteiger partial charge in [0.15, 0.2) is 0 Å². The summed E-state index contributed by atoms with van der Waals surface area (Å²) in [4.78, 5) is 4.74. The minimum atomic E-state index is 0.450. The van der Waals surface area contributed by atoms with Crippen LogP contribution in [0.3, 0.4) is 0 Å². The number of ether oxygens (including phenoxy) is 2. The number of para-hydroxylation sites is 2. The Balaban J connectivity index is 1.85. The quantitative estimate of drug-likeness (QED) is 0.609. The highest BCUT2D eigenvalue weighted by Gasteiger charge is 2.11. The molecule has 0 saturated heterocycles. The summed E-state index contributed by atoms with van der Waals surface area (Å²) in [5.41, 5.74) is 4.45. The van der Waals surface area contributed by atoms with E-state index in [0.717, 1.165) is 41.3 Å². The second-order valence-corrected chi connectivity index (χ2v) is 5.92. The molecule has 2 aromatic carbocycles. The first-order chi connectivity index (χ1) is 11.7. The van der Waals surface area contributed by atoms with E-state index in [2.05, 4.69) is 42.7 Å². The average Bonchev–Trinajstić information content (AvgIpc) is 2.94. The Morgan fingerprint density at radius 2 is 1.92 bits per heavy atom. The van der Waals surface area contributed by atoms with Gasteiger partial charge in [-0.3, -0.25) is 0 Å². The van der Waals surface area contributed by atoms with E-state index >= 15 is 0 Å². The van der Waals surface area contributed by atoms with Crippen molar-refractivity contribution in [2.24, 2.45) is 0 Å². The summed E-state index contributed by atoms with van der Waals surface area (Å²) in [7, 11) is 0. The molecular weight excluding hydrogens is 300 g/mol. The van der Waals surface area contributed by atoms with Crippen LogP contribution in [0.1, 0.15) is 23.9 Å². The Morgan fingerprint density at radius 1 is 1.08 bits per heavy atom. The van der Waals surface area contributed by atoms with Crippen LogP contribution in [0.25, 0.3) is 11.0 Å². The van der Waals surface area contributed by atoms with Crippen molar-refractivity contribution in [3.05, 3.63) is 59.4 Å². The first-order valence-corrected chi connectivity index (χ1v) is 8.41. The minimum Gasteiger partial charge on any atom is -0.485 e. The van der Waals surface area contributed by atoms with Crippen molar-refractivity contribution in [3.8, 4) is 5.75 Å². The number of hydrogen-bond donors (Lipinski definition) is 0. The molecule has 0 atom stereocenters. The van der Waals surface area contributed by atoms with Crippen LogP contribution < -0.4 is 4.74 Å². The average molecular weight is 324 g/mol. The van der Waals surface area contributed by atoms with E-state index in [4.69, 9.17) is 14.5 Å². The first-order valence-electron chi connectivity index (χ1n) is 8.41. The molecule has 0 spiro atoms. The molecule has 3 aromatic rings. The minimum absolute atomic E-state index is 0.450. The summed E-state index contributed by atoms with van der Waals surface area (Å²) in [6.07, 6.45) is 0. The molecule has 24 heavy (non-hydrogen) atoms. The Labute approximate surface area is 143 Å². The van der Waals surface area contributed by atoms with Crippen LogP contribution in [0.4, 0.5) is 0 Å². The summed E-state index contributed by atoms with van der Waals surface area (Å²) < 4.78 is 13.8. The van der Waals surface area contributed by atoms with Crippen molar-refractivity contribution in [3.63, 3.8) is 0 Å². The maximum atomic E-state index is 6.06. The molecule has 0 aliphatic carbocycles. The van der Waals surface area contributed by atoms with Gasteiger partial charge >= 0.3 is 0 Å². The topological polar surface area (TPSA) is 36.3 Å². The maximum Gasteiger partial charge on any atom is 0.148 e.